The number of hydrogen-bond donors (Lipinski definition) is 1. The molecule has 0 spiro atoms. The quantitative estimate of drug-likeness (QED) is 0.727. The molecular formula is C11H23NO2. The lowest BCUT2D eigenvalue weighted by atomic mass is 10.1. The van der Waals surface area contributed by atoms with Crippen LogP contribution in [0.25, 0.3) is 0 Å². The van der Waals surface area contributed by atoms with Crippen molar-refractivity contribution < 1.29 is 9.84 Å². The number of ether oxygens (including phenoxy) is 1. The zero-order chi connectivity index (χ0) is 10.4. The van der Waals surface area contributed by atoms with E-state index in [-0.39, 0.29) is 6.10 Å². The Morgan fingerprint density at radius 3 is 3.00 bits per heavy atom. The van der Waals surface area contributed by atoms with Crippen molar-refractivity contribution in [1.29, 1.82) is 0 Å². The van der Waals surface area contributed by atoms with Crippen molar-refractivity contribution in [3.63, 3.8) is 0 Å². The average Bonchev–Trinajstić information content (AvgIpc) is 2.18. The maximum absolute atomic E-state index is 9.16. The lowest BCUT2D eigenvalue weighted by molar-refractivity contribution is -0.0102. The van der Waals surface area contributed by atoms with Gasteiger partial charge in [-0.2, -0.15) is 0 Å². The summed E-state index contributed by atoms with van der Waals surface area (Å²) in [7, 11) is 0. The molecule has 14 heavy (non-hydrogen) atoms. The molecule has 2 atom stereocenters. The maximum atomic E-state index is 9.16. The van der Waals surface area contributed by atoms with E-state index in [4.69, 9.17) is 9.84 Å². The second-order valence-electron chi connectivity index (χ2n) is 4.16. The summed E-state index contributed by atoms with van der Waals surface area (Å²) < 4.78 is 5.44. The lowest BCUT2D eigenvalue weighted by Crippen LogP contribution is -2.45. The van der Waals surface area contributed by atoms with Gasteiger partial charge in [-0.25, -0.2) is 0 Å². The van der Waals surface area contributed by atoms with Crippen LogP contribution < -0.4 is 0 Å². The molecule has 0 bridgehead atoms. The fourth-order valence-corrected chi connectivity index (χ4v) is 1.95. The molecule has 84 valence electrons. The molecule has 1 saturated heterocycles. The molecule has 0 aromatic heterocycles. The highest BCUT2D eigenvalue weighted by Crippen LogP contribution is 2.11. The van der Waals surface area contributed by atoms with E-state index in [1.807, 2.05) is 6.92 Å². The minimum Gasteiger partial charge on any atom is -0.393 e. The van der Waals surface area contributed by atoms with E-state index in [2.05, 4.69) is 11.8 Å². The van der Waals surface area contributed by atoms with E-state index < -0.39 is 0 Å². The number of hydrogen-bond acceptors (Lipinski definition) is 3. The van der Waals surface area contributed by atoms with Crippen LogP contribution in [0.3, 0.4) is 0 Å². The van der Waals surface area contributed by atoms with Gasteiger partial charge in [0.05, 0.1) is 19.3 Å². The molecule has 0 saturated carbocycles. The molecular weight excluding hydrogens is 178 g/mol. The first-order chi connectivity index (χ1) is 6.74. The normalized spacial score (nSPS) is 26.4. The summed E-state index contributed by atoms with van der Waals surface area (Å²) in [5, 5.41) is 9.16. The van der Waals surface area contributed by atoms with Crippen LogP contribution in [0.15, 0.2) is 0 Å². The molecule has 0 aliphatic carbocycles. The molecule has 1 heterocycles. The number of rotatable bonds is 5. The number of morpholine rings is 1. The predicted molar refractivity (Wildman–Crippen MR) is 57.4 cm³/mol. The summed E-state index contributed by atoms with van der Waals surface area (Å²) in [4.78, 5) is 2.49. The third kappa shape index (κ3) is 3.95. The molecule has 0 amide bonds. The molecule has 0 aromatic rings. The zero-order valence-corrected chi connectivity index (χ0v) is 9.41. The third-order valence-electron chi connectivity index (χ3n) is 2.89. The number of aliphatic hydroxyl groups excluding tert-OH is 1. The molecule has 0 aromatic carbocycles. The summed E-state index contributed by atoms with van der Waals surface area (Å²) in [6.45, 7) is 7.97. The fourth-order valence-electron chi connectivity index (χ4n) is 1.95. The van der Waals surface area contributed by atoms with Crippen molar-refractivity contribution in [2.75, 3.05) is 26.3 Å². The molecule has 2 unspecified atom stereocenters. The van der Waals surface area contributed by atoms with E-state index in [1.165, 1.54) is 0 Å². The standard InChI is InChI=1S/C11H23NO2/c1-3-11-9-14-8-7-12(11)6-4-5-10(2)13/h10-11,13H,3-9H2,1-2H3. The van der Waals surface area contributed by atoms with Crippen molar-refractivity contribution >= 4 is 0 Å². The second-order valence-corrected chi connectivity index (χ2v) is 4.16. The van der Waals surface area contributed by atoms with Crippen LogP contribution in [0, 0.1) is 0 Å². The van der Waals surface area contributed by atoms with Gasteiger partial charge in [0.25, 0.3) is 0 Å². The van der Waals surface area contributed by atoms with Crippen LogP contribution in [0.4, 0.5) is 0 Å². The molecule has 1 aliphatic heterocycles. The summed E-state index contributed by atoms with van der Waals surface area (Å²) in [6, 6.07) is 0.595. The monoisotopic (exact) mass is 201 g/mol. The SMILES string of the molecule is CCC1COCCN1CCCC(C)O. The summed E-state index contributed by atoms with van der Waals surface area (Å²) in [6.07, 6.45) is 3.01. The van der Waals surface area contributed by atoms with Crippen LogP contribution in [-0.2, 0) is 4.74 Å². The van der Waals surface area contributed by atoms with Gasteiger partial charge in [-0.3, -0.25) is 4.90 Å². The van der Waals surface area contributed by atoms with E-state index in [0.29, 0.717) is 6.04 Å². The van der Waals surface area contributed by atoms with Gasteiger partial charge in [-0.15, -0.1) is 0 Å². The van der Waals surface area contributed by atoms with E-state index >= 15 is 0 Å². The topological polar surface area (TPSA) is 32.7 Å². The van der Waals surface area contributed by atoms with Gasteiger partial charge < -0.3 is 9.84 Å². The Bertz CT molecular complexity index is 150. The first-order valence-corrected chi connectivity index (χ1v) is 5.74. The highest BCUT2D eigenvalue weighted by atomic mass is 16.5. The van der Waals surface area contributed by atoms with Gasteiger partial charge in [0, 0.05) is 12.6 Å². The zero-order valence-electron chi connectivity index (χ0n) is 9.41. The molecule has 1 fully saturated rings. The third-order valence-corrected chi connectivity index (χ3v) is 2.89. The Hall–Kier alpha value is -0.120. The van der Waals surface area contributed by atoms with Crippen molar-refractivity contribution in [3.8, 4) is 0 Å². The summed E-state index contributed by atoms with van der Waals surface area (Å²) in [5.41, 5.74) is 0. The minimum absolute atomic E-state index is 0.156. The molecule has 3 heteroatoms. The van der Waals surface area contributed by atoms with E-state index in [0.717, 1.165) is 45.6 Å². The van der Waals surface area contributed by atoms with Crippen molar-refractivity contribution in [2.24, 2.45) is 0 Å². The molecule has 1 rings (SSSR count). The molecule has 0 radical (unpaired) electrons. The Kier molecular flexibility index (Phi) is 5.45. The van der Waals surface area contributed by atoms with Gasteiger partial charge in [0.15, 0.2) is 0 Å². The smallest absolute Gasteiger partial charge is 0.0622 e. The van der Waals surface area contributed by atoms with Crippen LogP contribution in [0.5, 0.6) is 0 Å². The van der Waals surface area contributed by atoms with Crippen LogP contribution in [-0.4, -0.2) is 48.5 Å². The summed E-state index contributed by atoms with van der Waals surface area (Å²) in [5.74, 6) is 0. The lowest BCUT2D eigenvalue weighted by Gasteiger charge is -2.35. The molecule has 1 aliphatic rings. The van der Waals surface area contributed by atoms with Crippen LogP contribution >= 0.6 is 0 Å². The van der Waals surface area contributed by atoms with Gasteiger partial charge in [0.2, 0.25) is 0 Å². The second kappa shape index (κ2) is 6.38. The van der Waals surface area contributed by atoms with Gasteiger partial charge in [-0.05, 0) is 32.7 Å². The first-order valence-electron chi connectivity index (χ1n) is 5.74. The van der Waals surface area contributed by atoms with E-state index in [1.54, 1.807) is 0 Å². The number of nitrogens with zero attached hydrogens (tertiary/aromatic N) is 1. The van der Waals surface area contributed by atoms with Crippen molar-refractivity contribution in [3.05, 3.63) is 0 Å². The van der Waals surface area contributed by atoms with E-state index in [9.17, 15) is 0 Å². The molecule has 1 N–H and O–H groups in total. The highest BCUT2D eigenvalue weighted by Gasteiger charge is 2.20. The largest absolute Gasteiger partial charge is 0.393 e. The Labute approximate surface area is 87.1 Å². The Balaban J connectivity index is 2.19. The fraction of sp³-hybridized carbons (Fsp3) is 1.00. The Morgan fingerprint density at radius 2 is 2.36 bits per heavy atom. The average molecular weight is 201 g/mol. The first kappa shape index (κ1) is 12.0. The van der Waals surface area contributed by atoms with Crippen molar-refractivity contribution in [2.45, 2.75) is 45.3 Å². The number of aliphatic hydroxyl groups is 1. The van der Waals surface area contributed by atoms with Crippen LogP contribution in [0.1, 0.15) is 33.1 Å². The van der Waals surface area contributed by atoms with Gasteiger partial charge in [-0.1, -0.05) is 6.92 Å². The summed E-state index contributed by atoms with van der Waals surface area (Å²) >= 11 is 0. The predicted octanol–water partition coefficient (Wildman–Crippen LogP) is 1.26. The molecule has 3 nitrogen and oxygen atoms in total. The highest BCUT2D eigenvalue weighted by molar-refractivity contribution is 4.73. The maximum Gasteiger partial charge on any atom is 0.0622 e. The van der Waals surface area contributed by atoms with Crippen LogP contribution in [0.2, 0.25) is 0 Å². The van der Waals surface area contributed by atoms with Gasteiger partial charge >= 0.3 is 0 Å². The van der Waals surface area contributed by atoms with Gasteiger partial charge in [0.1, 0.15) is 0 Å². The van der Waals surface area contributed by atoms with Crippen molar-refractivity contribution in [1.82, 2.24) is 4.90 Å². The minimum atomic E-state index is -0.156. The Morgan fingerprint density at radius 1 is 1.57 bits per heavy atom.